The number of benzene rings is 2. The monoisotopic (exact) mass is 370 g/mol. The lowest BCUT2D eigenvalue weighted by molar-refractivity contribution is 0.414. The normalized spacial score (nSPS) is 14.6. The molecule has 0 radical (unpaired) electrons. The molecule has 1 aliphatic heterocycles. The molecule has 0 saturated carbocycles. The van der Waals surface area contributed by atoms with E-state index in [0.29, 0.717) is 0 Å². The van der Waals surface area contributed by atoms with Crippen LogP contribution in [0.15, 0.2) is 58.8 Å². The highest BCUT2D eigenvalue weighted by molar-refractivity contribution is 8.23. The van der Waals surface area contributed by atoms with Crippen molar-refractivity contribution in [3.05, 3.63) is 70.0 Å². The second-order valence-electron chi connectivity index (χ2n) is 5.59. The van der Waals surface area contributed by atoms with Gasteiger partial charge in [-0.25, -0.2) is 0 Å². The Labute approximate surface area is 158 Å². The predicted octanol–water partition coefficient (Wildman–Crippen LogP) is 5.96. The van der Waals surface area contributed by atoms with Crippen molar-refractivity contribution < 1.29 is 9.47 Å². The van der Waals surface area contributed by atoms with E-state index in [4.69, 9.17) is 9.47 Å². The van der Waals surface area contributed by atoms with E-state index in [1.54, 1.807) is 14.2 Å². The number of hydrogen-bond acceptors (Lipinski definition) is 4. The Morgan fingerprint density at radius 1 is 0.840 bits per heavy atom. The molecule has 3 rings (SSSR count). The van der Waals surface area contributed by atoms with Gasteiger partial charge in [-0.15, -0.1) is 23.5 Å². The molecular formula is C21H22O2S2. The maximum Gasteiger partial charge on any atom is 0.118 e. The Hall–Kier alpha value is -1.78. The highest BCUT2D eigenvalue weighted by Crippen LogP contribution is 2.41. The van der Waals surface area contributed by atoms with Crippen LogP contribution in [0.25, 0.3) is 11.6 Å². The minimum Gasteiger partial charge on any atom is -0.497 e. The molecule has 1 fully saturated rings. The first-order valence-electron chi connectivity index (χ1n) is 8.26. The van der Waals surface area contributed by atoms with Crippen molar-refractivity contribution in [1.82, 2.24) is 0 Å². The zero-order chi connectivity index (χ0) is 17.5. The summed E-state index contributed by atoms with van der Waals surface area (Å²) in [5, 5.41) is 0. The number of methoxy groups -OCH3 is 2. The van der Waals surface area contributed by atoms with Gasteiger partial charge in [0, 0.05) is 9.81 Å². The van der Waals surface area contributed by atoms with E-state index in [0.717, 1.165) is 11.5 Å². The van der Waals surface area contributed by atoms with Crippen molar-refractivity contribution in [2.45, 2.75) is 6.42 Å². The molecule has 1 aliphatic rings. The third-order valence-electron chi connectivity index (χ3n) is 3.93. The Morgan fingerprint density at radius 2 is 1.40 bits per heavy atom. The van der Waals surface area contributed by atoms with Gasteiger partial charge in [-0.05, 0) is 53.3 Å². The third kappa shape index (κ3) is 4.86. The van der Waals surface area contributed by atoms with E-state index >= 15 is 0 Å². The van der Waals surface area contributed by atoms with Crippen molar-refractivity contribution in [1.29, 1.82) is 0 Å². The summed E-state index contributed by atoms with van der Waals surface area (Å²) in [6, 6.07) is 16.4. The molecule has 0 bridgehead atoms. The summed E-state index contributed by atoms with van der Waals surface area (Å²) in [5.74, 6) is 4.15. The third-order valence-corrected chi connectivity index (χ3v) is 6.59. The smallest absolute Gasteiger partial charge is 0.118 e. The van der Waals surface area contributed by atoms with Crippen LogP contribution >= 0.6 is 23.5 Å². The van der Waals surface area contributed by atoms with Gasteiger partial charge < -0.3 is 9.47 Å². The van der Waals surface area contributed by atoms with E-state index in [2.05, 4.69) is 36.4 Å². The standard InChI is InChI=1S/C21H22O2S2/c1-22-18-9-4-16(5-10-18)6-13-20(21-24-14-3-15-25-21)17-7-11-19(23-2)12-8-17/h4-13H,3,14-15H2,1-2H3. The highest BCUT2D eigenvalue weighted by atomic mass is 32.2. The second kappa shape index (κ2) is 9.07. The molecule has 4 heteroatoms. The van der Waals surface area contributed by atoms with E-state index in [1.165, 1.54) is 38.9 Å². The molecule has 25 heavy (non-hydrogen) atoms. The molecule has 0 aromatic heterocycles. The lowest BCUT2D eigenvalue weighted by Crippen LogP contribution is -1.95. The molecule has 130 valence electrons. The van der Waals surface area contributed by atoms with Crippen LogP contribution in [0.1, 0.15) is 17.5 Å². The van der Waals surface area contributed by atoms with Crippen molar-refractivity contribution in [2.75, 3.05) is 25.7 Å². The summed E-state index contributed by atoms with van der Waals surface area (Å²) in [5.41, 5.74) is 3.67. The Kier molecular flexibility index (Phi) is 6.54. The molecule has 0 amide bonds. The van der Waals surface area contributed by atoms with Crippen molar-refractivity contribution in [3.63, 3.8) is 0 Å². The first-order valence-corrected chi connectivity index (χ1v) is 10.2. The van der Waals surface area contributed by atoms with Gasteiger partial charge in [0.1, 0.15) is 11.5 Å². The van der Waals surface area contributed by atoms with Crippen molar-refractivity contribution in [3.8, 4) is 11.5 Å². The Balaban J connectivity index is 1.91. The van der Waals surface area contributed by atoms with E-state index in [1.807, 2.05) is 47.8 Å². The van der Waals surface area contributed by atoms with Crippen LogP contribution in [-0.4, -0.2) is 25.7 Å². The largest absolute Gasteiger partial charge is 0.497 e. The molecule has 2 aromatic carbocycles. The SMILES string of the molecule is COc1ccc(C=CC(=C2SCCCS2)c2ccc(OC)cc2)cc1. The van der Waals surface area contributed by atoms with E-state index in [9.17, 15) is 0 Å². The maximum atomic E-state index is 5.29. The van der Waals surface area contributed by atoms with Crippen LogP contribution in [0.4, 0.5) is 0 Å². The van der Waals surface area contributed by atoms with Gasteiger partial charge in [-0.1, -0.05) is 36.4 Å². The first-order chi connectivity index (χ1) is 12.3. The number of allylic oxidation sites excluding steroid dienone is 2. The van der Waals surface area contributed by atoms with E-state index in [-0.39, 0.29) is 0 Å². The van der Waals surface area contributed by atoms with Crippen molar-refractivity contribution >= 4 is 35.2 Å². The van der Waals surface area contributed by atoms with E-state index < -0.39 is 0 Å². The average molecular weight is 371 g/mol. The Bertz CT molecular complexity index is 738. The fourth-order valence-electron chi connectivity index (χ4n) is 2.53. The summed E-state index contributed by atoms with van der Waals surface area (Å²) in [4.78, 5) is 0. The summed E-state index contributed by atoms with van der Waals surface area (Å²) < 4.78 is 11.9. The van der Waals surface area contributed by atoms with Gasteiger partial charge in [-0.2, -0.15) is 0 Å². The topological polar surface area (TPSA) is 18.5 Å². The molecule has 2 aromatic rings. The number of thioether (sulfide) groups is 2. The quantitative estimate of drug-likeness (QED) is 0.646. The maximum absolute atomic E-state index is 5.29. The van der Waals surface area contributed by atoms with Gasteiger partial charge in [-0.3, -0.25) is 0 Å². The lowest BCUT2D eigenvalue weighted by Gasteiger charge is -2.17. The van der Waals surface area contributed by atoms with Crippen LogP contribution in [-0.2, 0) is 0 Å². The minimum atomic E-state index is 0.879. The molecule has 1 heterocycles. The number of ether oxygens (including phenoxy) is 2. The average Bonchev–Trinajstić information content (AvgIpc) is 2.70. The zero-order valence-electron chi connectivity index (χ0n) is 14.5. The van der Waals surface area contributed by atoms with Crippen LogP contribution in [0.2, 0.25) is 0 Å². The van der Waals surface area contributed by atoms with Gasteiger partial charge in [0.2, 0.25) is 0 Å². The molecule has 0 unspecified atom stereocenters. The minimum absolute atomic E-state index is 0.879. The van der Waals surface area contributed by atoms with Gasteiger partial charge in [0.15, 0.2) is 0 Å². The number of rotatable bonds is 5. The molecule has 0 N–H and O–H groups in total. The molecule has 0 spiro atoms. The summed E-state index contributed by atoms with van der Waals surface area (Å²) in [7, 11) is 3.39. The van der Waals surface area contributed by atoms with Gasteiger partial charge in [0.25, 0.3) is 0 Å². The lowest BCUT2D eigenvalue weighted by atomic mass is 10.1. The Morgan fingerprint density at radius 3 is 1.96 bits per heavy atom. The summed E-state index contributed by atoms with van der Waals surface area (Å²) in [6.45, 7) is 0. The van der Waals surface area contributed by atoms with Crippen LogP contribution in [0.5, 0.6) is 11.5 Å². The van der Waals surface area contributed by atoms with Crippen LogP contribution < -0.4 is 9.47 Å². The van der Waals surface area contributed by atoms with Crippen molar-refractivity contribution in [2.24, 2.45) is 0 Å². The molecule has 2 nitrogen and oxygen atoms in total. The fourth-order valence-corrected chi connectivity index (χ4v) is 5.18. The zero-order valence-corrected chi connectivity index (χ0v) is 16.2. The highest BCUT2D eigenvalue weighted by Gasteiger charge is 2.13. The van der Waals surface area contributed by atoms with Crippen LogP contribution in [0.3, 0.4) is 0 Å². The molecule has 0 atom stereocenters. The second-order valence-corrected chi connectivity index (χ2v) is 8.06. The van der Waals surface area contributed by atoms with Gasteiger partial charge in [0.05, 0.1) is 14.2 Å². The summed E-state index contributed by atoms with van der Waals surface area (Å²) in [6.07, 6.45) is 5.67. The number of hydrogen-bond donors (Lipinski definition) is 0. The van der Waals surface area contributed by atoms with Crippen LogP contribution in [0, 0.1) is 0 Å². The molecule has 1 saturated heterocycles. The molecule has 0 aliphatic carbocycles. The predicted molar refractivity (Wildman–Crippen MR) is 111 cm³/mol. The summed E-state index contributed by atoms with van der Waals surface area (Å²) >= 11 is 3.91. The van der Waals surface area contributed by atoms with Gasteiger partial charge >= 0.3 is 0 Å². The first kappa shape index (κ1) is 18.0. The molecular weight excluding hydrogens is 348 g/mol. The fraction of sp³-hybridized carbons (Fsp3) is 0.238.